The average molecular weight is 286 g/mol. The third-order valence-electron chi connectivity index (χ3n) is 2.81. The molecule has 2 rings (SSSR count). The van der Waals surface area contributed by atoms with Gasteiger partial charge in [-0.2, -0.15) is 4.98 Å². The van der Waals surface area contributed by atoms with E-state index in [1.807, 2.05) is 0 Å². The highest BCUT2D eigenvalue weighted by Crippen LogP contribution is 2.28. The van der Waals surface area contributed by atoms with Gasteiger partial charge in [0, 0.05) is 6.92 Å². The summed E-state index contributed by atoms with van der Waals surface area (Å²) < 4.78 is 10.9. The van der Waals surface area contributed by atoms with E-state index in [1.165, 1.54) is 6.92 Å². The van der Waals surface area contributed by atoms with Crippen LogP contribution in [0.2, 0.25) is 0 Å². The molecule has 2 heterocycles. The summed E-state index contributed by atoms with van der Waals surface area (Å²) in [7, 11) is 0. The van der Waals surface area contributed by atoms with Gasteiger partial charge in [0.05, 0.1) is 0 Å². The minimum absolute atomic E-state index is 0.212. The maximum absolute atomic E-state index is 11.6. The molecule has 10 nitrogen and oxygen atoms in total. The van der Waals surface area contributed by atoms with E-state index in [2.05, 4.69) is 9.97 Å². The molecule has 1 saturated heterocycles. The molecule has 10 heteroatoms. The highest BCUT2D eigenvalue weighted by molar-refractivity contribution is 5.65. The van der Waals surface area contributed by atoms with Crippen LogP contribution in [0.25, 0.3) is 0 Å². The summed E-state index contributed by atoms with van der Waals surface area (Å²) in [6, 6.07) is 0. The normalized spacial score (nSPS) is 29.4. The predicted octanol–water partition coefficient (Wildman–Crippen LogP) is -2.60. The van der Waals surface area contributed by atoms with Gasteiger partial charge in [-0.25, -0.2) is 9.78 Å². The quantitative estimate of drug-likeness (QED) is 0.508. The molecule has 110 valence electrons. The molecule has 0 radical (unpaired) electrons. The van der Waals surface area contributed by atoms with Gasteiger partial charge < -0.3 is 25.4 Å². The number of anilines is 1. The van der Waals surface area contributed by atoms with E-state index in [0.717, 1.165) is 10.9 Å². The van der Waals surface area contributed by atoms with Crippen molar-refractivity contribution >= 4 is 11.9 Å². The van der Waals surface area contributed by atoms with E-state index in [-0.39, 0.29) is 12.6 Å². The first kappa shape index (κ1) is 14.4. The Hall–Kier alpha value is -2.04. The van der Waals surface area contributed by atoms with Gasteiger partial charge in [0.2, 0.25) is 5.95 Å². The Morgan fingerprint density at radius 1 is 1.55 bits per heavy atom. The second kappa shape index (κ2) is 5.53. The lowest BCUT2D eigenvalue weighted by Crippen LogP contribution is -2.36. The minimum Gasteiger partial charge on any atom is -0.463 e. The second-order valence-corrected chi connectivity index (χ2v) is 4.25. The number of aliphatic hydroxyl groups is 2. The molecule has 20 heavy (non-hydrogen) atoms. The van der Waals surface area contributed by atoms with Crippen LogP contribution in [0, 0.1) is 0 Å². The number of carbonyl (C=O) groups is 1. The van der Waals surface area contributed by atoms with Gasteiger partial charge in [-0.15, -0.1) is 0 Å². The van der Waals surface area contributed by atoms with Gasteiger partial charge >= 0.3 is 11.7 Å². The Labute approximate surface area is 112 Å². The molecule has 0 saturated carbocycles. The summed E-state index contributed by atoms with van der Waals surface area (Å²) in [5, 5.41) is 19.7. The first-order valence-electron chi connectivity index (χ1n) is 5.75. The zero-order chi connectivity index (χ0) is 14.9. The molecule has 0 bridgehead atoms. The first-order chi connectivity index (χ1) is 9.40. The molecule has 1 aromatic rings. The highest BCUT2D eigenvalue weighted by Gasteiger charge is 2.44. The number of carbonyl (C=O) groups excluding carboxylic acids is 1. The molecule has 0 spiro atoms. The van der Waals surface area contributed by atoms with Crippen LogP contribution >= 0.6 is 0 Å². The van der Waals surface area contributed by atoms with Crippen LogP contribution in [0.4, 0.5) is 5.95 Å². The van der Waals surface area contributed by atoms with Crippen LogP contribution < -0.4 is 11.4 Å². The fourth-order valence-electron chi connectivity index (χ4n) is 1.83. The first-order valence-corrected chi connectivity index (χ1v) is 5.75. The molecule has 1 aromatic heterocycles. The molecule has 1 fully saturated rings. The number of esters is 1. The predicted molar refractivity (Wildman–Crippen MR) is 63.3 cm³/mol. The van der Waals surface area contributed by atoms with E-state index in [9.17, 15) is 19.8 Å². The molecule has 4 N–H and O–H groups in total. The Morgan fingerprint density at radius 2 is 2.25 bits per heavy atom. The van der Waals surface area contributed by atoms with Crippen LogP contribution in [0.1, 0.15) is 13.2 Å². The van der Waals surface area contributed by atoms with Crippen LogP contribution in [0.5, 0.6) is 0 Å². The van der Waals surface area contributed by atoms with Crippen molar-refractivity contribution < 1.29 is 24.5 Å². The molecule has 1 aliphatic heterocycles. The summed E-state index contributed by atoms with van der Waals surface area (Å²) in [6.45, 7) is 0.961. The van der Waals surface area contributed by atoms with Gasteiger partial charge in [0.15, 0.2) is 6.23 Å². The summed E-state index contributed by atoms with van der Waals surface area (Å²) in [6.07, 6.45) is -3.79. The molecule has 0 amide bonds. The summed E-state index contributed by atoms with van der Waals surface area (Å²) in [4.78, 5) is 29.4. The fraction of sp³-hybridized carbons (Fsp3) is 0.600. The van der Waals surface area contributed by atoms with Crippen LogP contribution in [0.15, 0.2) is 11.1 Å². The third-order valence-corrected chi connectivity index (χ3v) is 2.81. The monoisotopic (exact) mass is 286 g/mol. The van der Waals surface area contributed by atoms with Crippen LogP contribution in [0.3, 0.4) is 0 Å². The Bertz CT molecular complexity index is 561. The summed E-state index contributed by atoms with van der Waals surface area (Å²) in [5.41, 5.74) is 4.47. The van der Waals surface area contributed by atoms with E-state index in [1.54, 1.807) is 0 Å². The maximum atomic E-state index is 11.6. The number of nitrogens with zero attached hydrogens (tertiary/aromatic N) is 3. The number of hydrogen-bond donors (Lipinski definition) is 3. The smallest absolute Gasteiger partial charge is 0.354 e. The van der Waals surface area contributed by atoms with E-state index < -0.39 is 36.2 Å². The zero-order valence-corrected chi connectivity index (χ0v) is 10.5. The van der Waals surface area contributed by atoms with Crippen LogP contribution in [-0.4, -0.2) is 55.6 Å². The van der Waals surface area contributed by atoms with E-state index >= 15 is 0 Å². The maximum Gasteiger partial charge on any atom is 0.354 e. The van der Waals surface area contributed by atoms with Gasteiger partial charge in [-0.05, 0) is 0 Å². The van der Waals surface area contributed by atoms with Gasteiger partial charge in [-0.1, -0.05) is 0 Å². The number of rotatable bonds is 3. The van der Waals surface area contributed by atoms with Crippen molar-refractivity contribution in [3.63, 3.8) is 0 Å². The van der Waals surface area contributed by atoms with Crippen molar-refractivity contribution in [2.24, 2.45) is 0 Å². The van der Waals surface area contributed by atoms with Crippen molar-refractivity contribution in [2.45, 2.75) is 31.5 Å². The number of ether oxygens (including phenoxy) is 2. The fourth-order valence-corrected chi connectivity index (χ4v) is 1.83. The lowest BCUT2D eigenvalue weighted by Gasteiger charge is -2.16. The highest BCUT2D eigenvalue weighted by atomic mass is 16.6. The van der Waals surface area contributed by atoms with Crippen molar-refractivity contribution in [2.75, 3.05) is 12.3 Å². The number of aliphatic hydroxyl groups excluding tert-OH is 2. The summed E-state index contributed by atoms with van der Waals surface area (Å²) >= 11 is 0. The number of nitrogens with two attached hydrogens (primary N) is 1. The molecule has 0 aromatic carbocycles. The Kier molecular flexibility index (Phi) is 3.97. The van der Waals surface area contributed by atoms with Crippen molar-refractivity contribution in [3.05, 3.63) is 16.8 Å². The van der Waals surface area contributed by atoms with Gasteiger partial charge in [-0.3, -0.25) is 9.36 Å². The van der Waals surface area contributed by atoms with E-state index in [4.69, 9.17) is 15.2 Å². The minimum atomic E-state index is -1.39. The average Bonchev–Trinajstić information content (AvgIpc) is 2.64. The van der Waals surface area contributed by atoms with Gasteiger partial charge in [0.1, 0.15) is 31.2 Å². The third kappa shape index (κ3) is 2.76. The number of hydrogen-bond acceptors (Lipinski definition) is 9. The molecular formula is C10H14N4O6. The molecular weight excluding hydrogens is 272 g/mol. The Balaban J connectivity index is 2.17. The number of nitrogen functional groups attached to an aromatic ring is 1. The zero-order valence-electron chi connectivity index (χ0n) is 10.5. The van der Waals surface area contributed by atoms with Crippen molar-refractivity contribution in [1.82, 2.24) is 14.5 Å². The topological polar surface area (TPSA) is 150 Å². The molecule has 4 atom stereocenters. The summed E-state index contributed by atoms with van der Waals surface area (Å²) in [5.74, 6) is -0.762. The van der Waals surface area contributed by atoms with Crippen molar-refractivity contribution in [3.8, 4) is 0 Å². The van der Waals surface area contributed by atoms with Gasteiger partial charge in [0.25, 0.3) is 0 Å². The lowest BCUT2D eigenvalue weighted by atomic mass is 10.1. The second-order valence-electron chi connectivity index (χ2n) is 4.25. The number of aromatic nitrogens is 3. The van der Waals surface area contributed by atoms with E-state index in [0.29, 0.717) is 0 Å². The molecule has 1 aliphatic rings. The SMILES string of the molecule is CC(=O)OC[C@H]1O[C@@H](n2cnc(N)nc2=O)[C@H](O)[C@@H]1O. The molecule has 0 unspecified atom stereocenters. The molecule has 0 aliphatic carbocycles. The standard InChI is InChI=1S/C10H14N4O6/c1-4(15)19-2-5-6(16)7(17)8(20-5)14-3-12-9(11)13-10(14)18/h3,5-8,16-17H,2H2,1H3,(H2,11,13,18)/t5-,6-,7-,8-/m1/s1. The largest absolute Gasteiger partial charge is 0.463 e. The van der Waals surface area contributed by atoms with Crippen molar-refractivity contribution in [1.29, 1.82) is 0 Å². The Morgan fingerprint density at radius 3 is 2.85 bits per heavy atom. The van der Waals surface area contributed by atoms with Crippen LogP contribution in [-0.2, 0) is 14.3 Å². The lowest BCUT2D eigenvalue weighted by molar-refractivity contribution is -0.147.